The monoisotopic (exact) mass is 311 g/mol. The molecule has 3 rings (SSSR count). The summed E-state index contributed by atoms with van der Waals surface area (Å²) in [5.74, 6) is 0.420. The van der Waals surface area contributed by atoms with Crippen LogP contribution in [0.15, 0.2) is 12.1 Å². The first-order valence-corrected chi connectivity index (χ1v) is 7.50. The van der Waals surface area contributed by atoms with Crippen LogP contribution in [0.2, 0.25) is 5.02 Å². The number of nitrogens with zero attached hydrogens (tertiary/aromatic N) is 1. The number of fused-ring (bicyclic) bond motifs is 1. The van der Waals surface area contributed by atoms with Crippen LogP contribution in [0.3, 0.4) is 0 Å². The lowest BCUT2D eigenvalue weighted by atomic mass is 10.1. The van der Waals surface area contributed by atoms with Gasteiger partial charge >= 0.3 is 5.97 Å². The Kier molecular flexibility index (Phi) is 3.95. The van der Waals surface area contributed by atoms with E-state index in [9.17, 15) is 9.90 Å². The Morgan fingerprint density at radius 1 is 1.43 bits per heavy atom. The summed E-state index contributed by atoms with van der Waals surface area (Å²) in [7, 11) is 0. The second-order valence-corrected chi connectivity index (χ2v) is 5.93. The van der Waals surface area contributed by atoms with Crippen LogP contribution in [0.25, 0.3) is 0 Å². The van der Waals surface area contributed by atoms with Gasteiger partial charge in [0.1, 0.15) is 19.3 Å². The maximum absolute atomic E-state index is 11.3. The van der Waals surface area contributed by atoms with Crippen LogP contribution in [0.1, 0.15) is 25.3 Å². The summed E-state index contributed by atoms with van der Waals surface area (Å²) in [6.45, 7) is 3.27. The maximum Gasteiger partial charge on any atom is 0.320 e. The summed E-state index contributed by atoms with van der Waals surface area (Å²) in [5.41, 5.74) is 0.948. The molecule has 1 aliphatic carbocycles. The van der Waals surface area contributed by atoms with Gasteiger partial charge in [-0.15, -0.1) is 0 Å². The predicted molar refractivity (Wildman–Crippen MR) is 78.1 cm³/mol. The Morgan fingerprint density at radius 2 is 2.14 bits per heavy atom. The van der Waals surface area contributed by atoms with E-state index in [-0.39, 0.29) is 0 Å². The van der Waals surface area contributed by atoms with E-state index in [1.54, 1.807) is 6.92 Å². The highest BCUT2D eigenvalue weighted by Gasteiger charge is 2.35. The first-order chi connectivity index (χ1) is 10.1. The van der Waals surface area contributed by atoms with Crippen LogP contribution in [0, 0.1) is 0 Å². The molecule has 6 heteroatoms. The van der Waals surface area contributed by atoms with E-state index >= 15 is 0 Å². The Labute approximate surface area is 128 Å². The summed E-state index contributed by atoms with van der Waals surface area (Å²) in [6.07, 6.45) is 2.10. The van der Waals surface area contributed by atoms with Crippen LogP contribution in [0.4, 0.5) is 0 Å². The highest BCUT2D eigenvalue weighted by molar-refractivity contribution is 6.32. The number of hydrogen-bond donors (Lipinski definition) is 1. The smallest absolute Gasteiger partial charge is 0.320 e. The normalized spacial score (nSPS) is 18.6. The SMILES string of the molecule is CC(C(=O)O)N(Cc1cc(Cl)c2c(c1)OCCO2)C1CC1. The quantitative estimate of drug-likeness (QED) is 0.905. The topological polar surface area (TPSA) is 59.0 Å². The standard InChI is InChI=1S/C15H18ClNO4/c1-9(15(18)19)17(11-2-3-11)8-10-6-12(16)14-13(7-10)20-4-5-21-14/h6-7,9,11H,2-5,8H2,1H3,(H,18,19). The van der Waals surface area contributed by atoms with Gasteiger partial charge < -0.3 is 14.6 Å². The molecule has 0 amide bonds. The number of carboxylic acid groups (broad SMARTS) is 1. The van der Waals surface area contributed by atoms with Crippen LogP contribution in [-0.4, -0.2) is 41.3 Å². The number of aliphatic carboxylic acids is 1. The lowest BCUT2D eigenvalue weighted by molar-refractivity contribution is -0.143. The molecule has 1 unspecified atom stereocenters. The number of ether oxygens (including phenoxy) is 2. The van der Waals surface area contributed by atoms with Gasteiger partial charge in [-0.1, -0.05) is 11.6 Å². The van der Waals surface area contributed by atoms with Crippen molar-refractivity contribution >= 4 is 17.6 Å². The molecule has 1 saturated carbocycles. The van der Waals surface area contributed by atoms with Crippen molar-refractivity contribution in [1.29, 1.82) is 0 Å². The lowest BCUT2D eigenvalue weighted by Gasteiger charge is -2.27. The lowest BCUT2D eigenvalue weighted by Crippen LogP contribution is -2.40. The number of carbonyl (C=O) groups is 1. The Hall–Kier alpha value is -1.46. The van der Waals surface area contributed by atoms with E-state index in [0.29, 0.717) is 42.3 Å². The molecule has 1 atom stereocenters. The molecule has 0 aromatic heterocycles. The Bertz CT molecular complexity index is 559. The minimum atomic E-state index is -0.800. The largest absolute Gasteiger partial charge is 0.486 e. The van der Waals surface area contributed by atoms with E-state index in [0.717, 1.165) is 18.4 Å². The summed E-state index contributed by atoms with van der Waals surface area (Å²) in [4.78, 5) is 13.3. The highest BCUT2D eigenvalue weighted by Crippen LogP contribution is 2.39. The van der Waals surface area contributed by atoms with Gasteiger partial charge in [0.15, 0.2) is 11.5 Å². The molecule has 1 N–H and O–H groups in total. The van der Waals surface area contributed by atoms with Gasteiger partial charge in [-0.05, 0) is 37.5 Å². The molecule has 1 aliphatic heterocycles. The summed E-state index contributed by atoms with van der Waals surface area (Å²) < 4.78 is 11.1. The molecule has 2 aliphatic rings. The molecular formula is C15H18ClNO4. The third kappa shape index (κ3) is 3.09. The fraction of sp³-hybridized carbons (Fsp3) is 0.533. The first-order valence-electron chi connectivity index (χ1n) is 7.13. The van der Waals surface area contributed by atoms with Gasteiger partial charge in [0.2, 0.25) is 0 Å². The van der Waals surface area contributed by atoms with E-state index in [2.05, 4.69) is 0 Å². The predicted octanol–water partition coefficient (Wildman–Crippen LogP) is 2.55. The zero-order chi connectivity index (χ0) is 15.0. The molecule has 1 aromatic rings. The molecule has 0 saturated heterocycles. The van der Waals surface area contributed by atoms with E-state index in [1.807, 2.05) is 17.0 Å². The molecule has 5 nitrogen and oxygen atoms in total. The molecule has 114 valence electrons. The number of carboxylic acids is 1. The van der Waals surface area contributed by atoms with Crippen molar-refractivity contribution in [3.63, 3.8) is 0 Å². The molecule has 1 fully saturated rings. The second-order valence-electron chi connectivity index (χ2n) is 5.52. The van der Waals surface area contributed by atoms with E-state index in [4.69, 9.17) is 21.1 Å². The Balaban J connectivity index is 1.83. The van der Waals surface area contributed by atoms with Crippen molar-refractivity contribution in [3.8, 4) is 11.5 Å². The minimum Gasteiger partial charge on any atom is -0.486 e. The average Bonchev–Trinajstić information content (AvgIpc) is 3.28. The van der Waals surface area contributed by atoms with E-state index < -0.39 is 12.0 Å². The van der Waals surface area contributed by atoms with Gasteiger partial charge in [0.25, 0.3) is 0 Å². The van der Waals surface area contributed by atoms with Gasteiger partial charge in [-0.25, -0.2) is 0 Å². The third-order valence-electron chi connectivity index (χ3n) is 3.89. The van der Waals surface area contributed by atoms with Gasteiger partial charge in [-0.2, -0.15) is 0 Å². The minimum absolute atomic E-state index is 0.350. The fourth-order valence-electron chi connectivity index (χ4n) is 2.60. The summed E-state index contributed by atoms with van der Waals surface area (Å²) in [6, 6.07) is 3.57. The second kappa shape index (κ2) is 5.73. The van der Waals surface area contributed by atoms with Crippen LogP contribution in [-0.2, 0) is 11.3 Å². The molecule has 0 radical (unpaired) electrons. The fourth-order valence-corrected chi connectivity index (χ4v) is 2.88. The van der Waals surface area contributed by atoms with Crippen molar-refractivity contribution in [2.75, 3.05) is 13.2 Å². The first kappa shape index (κ1) is 14.5. The van der Waals surface area contributed by atoms with Crippen LogP contribution >= 0.6 is 11.6 Å². The number of hydrogen-bond acceptors (Lipinski definition) is 4. The van der Waals surface area contributed by atoms with Gasteiger partial charge in [0.05, 0.1) is 5.02 Å². The third-order valence-corrected chi connectivity index (χ3v) is 4.17. The van der Waals surface area contributed by atoms with Crippen LogP contribution in [0.5, 0.6) is 11.5 Å². The molecule has 21 heavy (non-hydrogen) atoms. The van der Waals surface area contributed by atoms with Crippen molar-refractivity contribution in [2.24, 2.45) is 0 Å². The highest BCUT2D eigenvalue weighted by atomic mass is 35.5. The molecule has 0 spiro atoms. The van der Waals surface area contributed by atoms with Crippen molar-refractivity contribution < 1.29 is 19.4 Å². The average molecular weight is 312 g/mol. The molecule has 1 heterocycles. The summed E-state index contributed by atoms with van der Waals surface area (Å²) >= 11 is 6.23. The summed E-state index contributed by atoms with van der Waals surface area (Å²) in [5, 5.41) is 9.76. The zero-order valence-electron chi connectivity index (χ0n) is 11.8. The maximum atomic E-state index is 11.3. The zero-order valence-corrected chi connectivity index (χ0v) is 12.6. The molecular weight excluding hydrogens is 294 g/mol. The number of rotatable bonds is 5. The number of halogens is 1. The van der Waals surface area contributed by atoms with Crippen molar-refractivity contribution in [2.45, 2.75) is 38.4 Å². The Morgan fingerprint density at radius 3 is 2.81 bits per heavy atom. The molecule has 0 bridgehead atoms. The number of benzene rings is 1. The van der Waals surface area contributed by atoms with Crippen molar-refractivity contribution in [3.05, 3.63) is 22.7 Å². The van der Waals surface area contributed by atoms with Crippen molar-refractivity contribution in [1.82, 2.24) is 4.90 Å². The van der Waals surface area contributed by atoms with Gasteiger partial charge in [0, 0.05) is 12.6 Å². The van der Waals surface area contributed by atoms with E-state index in [1.165, 1.54) is 0 Å². The van der Waals surface area contributed by atoms with Gasteiger partial charge in [-0.3, -0.25) is 9.69 Å². The van der Waals surface area contributed by atoms with Crippen LogP contribution < -0.4 is 9.47 Å². The molecule has 1 aromatic carbocycles.